The van der Waals surface area contributed by atoms with Gasteiger partial charge in [0.2, 0.25) is 5.95 Å². The van der Waals surface area contributed by atoms with Gasteiger partial charge in [0, 0.05) is 23.3 Å². The molecule has 6 rings (SSSR count). The van der Waals surface area contributed by atoms with E-state index in [9.17, 15) is 18.0 Å². The summed E-state index contributed by atoms with van der Waals surface area (Å²) in [6.45, 7) is 3.80. The molecule has 1 amide bonds. The van der Waals surface area contributed by atoms with E-state index in [1.54, 1.807) is 19.3 Å². The first-order valence-electron chi connectivity index (χ1n) is 13.3. The molecule has 2 heterocycles. The number of aryl methyl sites for hydroxylation is 1. The van der Waals surface area contributed by atoms with Gasteiger partial charge in [0.05, 0.1) is 35.0 Å². The van der Waals surface area contributed by atoms with Gasteiger partial charge in [-0.3, -0.25) is 9.48 Å². The molecule has 1 saturated carbocycles. The third-order valence-corrected chi connectivity index (χ3v) is 7.23. The van der Waals surface area contributed by atoms with Crippen molar-refractivity contribution < 1.29 is 18.0 Å². The maximum absolute atomic E-state index is 13.1. The van der Waals surface area contributed by atoms with Crippen LogP contribution in [-0.4, -0.2) is 25.7 Å². The lowest BCUT2D eigenvalue weighted by molar-refractivity contribution is -0.137. The Balaban J connectivity index is 1.22. The molecule has 10 heteroatoms. The topological polar surface area (TPSA) is 84.7 Å². The quantitative estimate of drug-likeness (QED) is 0.218. The zero-order chi connectivity index (χ0) is 28.7. The Hall–Kier alpha value is -4.73. The van der Waals surface area contributed by atoms with E-state index in [0.29, 0.717) is 12.0 Å². The molecule has 0 spiro atoms. The Labute approximate surface area is 234 Å². The van der Waals surface area contributed by atoms with Crippen molar-refractivity contribution in [3.63, 3.8) is 0 Å². The van der Waals surface area contributed by atoms with Gasteiger partial charge in [-0.15, -0.1) is 0 Å². The van der Waals surface area contributed by atoms with Crippen molar-refractivity contribution in [2.75, 3.05) is 5.32 Å². The number of alkyl halides is 3. The van der Waals surface area contributed by atoms with Crippen molar-refractivity contribution in [2.24, 2.45) is 0 Å². The number of carbonyl (C=O) groups excluding carboxylic acids is 1. The number of fused-ring (bicyclic) bond motifs is 1. The Morgan fingerprint density at radius 3 is 2.66 bits per heavy atom. The number of hydrogen-bond donors (Lipinski definition) is 2. The Morgan fingerprint density at radius 1 is 1.05 bits per heavy atom. The van der Waals surface area contributed by atoms with Crippen molar-refractivity contribution >= 4 is 28.4 Å². The fourth-order valence-electron chi connectivity index (χ4n) is 4.74. The third-order valence-electron chi connectivity index (χ3n) is 7.23. The summed E-state index contributed by atoms with van der Waals surface area (Å²) in [5.41, 5.74) is 4.46. The fraction of sp³-hybridized carbons (Fsp3) is 0.226. The van der Waals surface area contributed by atoms with Gasteiger partial charge >= 0.3 is 6.18 Å². The first kappa shape index (κ1) is 26.5. The number of halogens is 3. The van der Waals surface area contributed by atoms with Crippen LogP contribution < -0.4 is 10.6 Å². The molecule has 208 valence electrons. The molecule has 0 aliphatic heterocycles. The highest BCUT2D eigenvalue weighted by Crippen LogP contribution is 2.35. The first-order chi connectivity index (χ1) is 19.6. The molecule has 2 N–H and O–H groups in total. The number of anilines is 2. The molecule has 0 saturated heterocycles. The van der Waals surface area contributed by atoms with Crippen LogP contribution in [0.3, 0.4) is 0 Å². The highest BCUT2D eigenvalue weighted by molar-refractivity contribution is 5.94. The lowest BCUT2D eigenvalue weighted by Crippen LogP contribution is -2.27. The monoisotopic (exact) mass is 556 g/mol. The molecule has 0 radical (unpaired) electrons. The summed E-state index contributed by atoms with van der Waals surface area (Å²) in [5, 5.41) is 11.3. The summed E-state index contributed by atoms with van der Waals surface area (Å²) in [5.74, 6) is -0.0998. The van der Waals surface area contributed by atoms with Gasteiger partial charge < -0.3 is 10.6 Å². The standard InChI is InChI=1S/C31H27F3N6O/c1-18-6-7-20(19(2)37-29(41)22-4-3-5-24(12-22)31(32,33)34)13-27(18)21-8-9-23-15-35-30(39-28(23)14-21)38-25-16-36-40(17-25)26-10-11-26/h3-9,12-17,19,26H,10-11H2,1-2H3,(H,37,41)(H,35,38,39)/t19-/m0/s1. The maximum Gasteiger partial charge on any atom is 0.416 e. The van der Waals surface area contributed by atoms with Crippen LogP contribution in [0.5, 0.6) is 0 Å². The lowest BCUT2D eigenvalue weighted by atomic mass is 9.95. The largest absolute Gasteiger partial charge is 0.416 e. The van der Waals surface area contributed by atoms with Gasteiger partial charge in [0.15, 0.2) is 0 Å². The molecule has 1 aliphatic carbocycles. The van der Waals surface area contributed by atoms with Crippen LogP contribution in [-0.2, 0) is 6.18 Å². The number of nitrogens with zero attached hydrogens (tertiary/aromatic N) is 4. The highest BCUT2D eigenvalue weighted by atomic mass is 19.4. The van der Waals surface area contributed by atoms with Gasteiger partial charge in [0.25, 0.3) is 5.91 Å². The number of carbonyl (C=O) groups is 1. The van der Waals surface area contributed by atoms with Crippen molar-refractivity contribution in [1.82, 2.24) is 25.1 Å². The van der Waals surface area contributed by atoms with Gasteiger partial charge in [-0.25, -0.2) is 9.97 Å². The predicted molar refractivity (Wildman–Crippen MR) is 151 cm³/mol. The number of amides is 1. The average Bonchev–Trinajstić information content (AvgIpc) is 3.71. The number of aromatic nitrogens is 4. The van der Waals surface area contributed by atoms with E-state index < -0.39 is 23.7 Å². The van der Waals surface area contributed by atoms with Crippen LogP contribution in [0.25, 0.3) is 22.0 Å². The number of rotatable bonds is 7. The summed E-state index contributed by atoms with van der Waals surface area (Å²) in [7, 11) is 0. The number of benzene rings is 3. The van der Waals surface area contributed by atoms with Crippen molar-refractivity contribution in [3.05, 3.63) is 102 Å². The minimum Gasteiger partial charge on any atom is -0.346 e. The molecule has 5 aromatic rings. The predicted octanol–water partition coefficient (Wildman–Crippen LogP) is 7.39. The molecule has 3 aromatic carbocycles. The molecule has 0 unspecified atom stereocenters. The second-order valence-corrected chi connectivity index (χ2v) is 10.4. The van der Waals surface area contributed by atoms with E-state index in [0.717, 1.165) is 63.8 Å². The van der Waals surface area contributed by atoms with Gasteiger partial charge in [-0.2, -0.15) is 18.3 Å². The zero-order valence-electron chi connectivity index (χ0n) is 22.4. The first-order valence-corrected chi connectivity index (χ1v) is 13.3. The number of hydrogen-bond acceptors (Lipinski definition) is 5. The summed E-state index contributed by atoms with van der Waals surface area (Å²) >= 11 is 0. The Morgan fingerprint density at radius 2 is 1.88 bits per heavy atom. The summed E-state index contributed by atoms with van der Waals surface area (Å²) in [6.07, 6.45) is 3.28. The molecule has 0 bridgehead atoms. The molecular formula is C31H27F3N6O. The average molecular weight is 557 g/mol. The van der Waals surface area contributed by atoms with E-state index in [4.69, 9.17) is 4.98 Å². The lowest BCUT2D eigenvalue weighted by Gasteiger charge is -2.17. The Kier molecular flexibility index (Phi) is 6.69. The molecule has 2 aromatic heterocycles. The van der Waals surface area contributed by atoms with Crippen LogP contribution in [0.1, 0.15) is 58.9 Å². The maximum atomic E-state index is 13.1. The van der Waals surface area contributed by atoms with Gasteiger partial charge in [-0.1, -0.05) is 30.3 Å². The minimum absolute atomic E-state index is 0.0440. The van der Waals surface area contributed by atoms with Crippen molar-refractivity contribution in [2.45, 2.75) is 44.9 Å². The molecule has 1 aliphatic rings. The second-order valence-electron chi connectivity index (χ2n) is 10.4. The smallest absolute Gasteiger partial charge is 0.346 e. The second kappa shape index (κ2) is 10.3. The third kappa shape index (κ3) is 5.77. The van der Waals surface area contributed by atoms with Gasteiger partial charge in [0.1, 0.15) is 0 Å². The van der Waals surface area contributed by atoms with E-state index in [-0.39, 0.29) is 5.56 Å². The zero-order valence-corrected chi connectivity index (χ0v) is 22.4. The summed E-state index contributed by atoms with van der Waals surface area (Å²) in [6, 6.07) is 16.3. The molecule has 1 atom stereocenters. The fourth-order valence-corrected chi connectivity index (χ4v) is 4.74. The van der Waals surface area contributed by atoms with Crippen LogP contribution in [0.4, 0.5) is 24.8 Å². The van der Waals surface area contributed by atoms with Gasteiger partial charge in [-0.05, 0) is 79.3 Å². The minimum atomic E-state index is -4.52. The van der Waals surface area contributed by atoms with Crippen LogP contribution in [0.15, 0.2) is 79.3 Å². The molecule has 7 nitrogen and oxygen atoms in total. The normalized spacial score (nSPS) is 14.2. The Bertz CT molecular complexity index is 1760. The van der Waals surface area contributed by atoms with Crippen LogP contribution >= 0.6 is 0 Å². The van der Waals surface area contributed by atoms with E-state index in [2.05, 4.69) is 20.7 Å². The summed E-state index contributed by atoms with van der Waals surface area (Å²) < 4.78 is 41.3. The molecular weight excluding hydrogens is 529 g/mol. The SMILES string of the molecule is Cc1ccc([C@H](C)NC(=O)c2cccc(C(F)(F)F)c2)cc1-c1ccc2cnc(Nc3cnn(C4CC4)c3)nc2c1. The van der Waals surface area contributed by atoms with E-state index in [1.165, 1.54) is 12.1 Å². The van der Waals surface area contributed by atoms with Crippen LogP contribution in [0.2, 0.25) is 0 Å². The van der Waals surface area contributed by atoms with Crippen LogP contribution in [0, 0.1) is 6.92 Å². The highest BCUT2D eigenvalue weighted by Gasteiger charge is 2.31. The molecule has 1 fully saturated rings. The van der Waals surface area contributed by atoms with Crippen molar-refractivity contribution in [3.8, 4) is 11.1 Å². The number of nitrogens with one attached hydrogen (secondary N) is 2. The van der Waals surface area contributed by atoms with Crippen molar-refractivity contribution in [1.29, 1.82) is 0 Å². The van der Waals surface area contributed by atoms with E-state index >= 15 is 0 Å². The molecule has 41 heavy (non-hydrogen) atoms. The summed E-state index contributed by atoms with van der Waals surface area (Å²) in [4.78, 5) is 21.9. The van der Waals surface area contributed by atoms with E-state index in [1.807, 2.05) is 54.2 Å².